The summed E-state index contributed by atoms with van der Waals surface area (Å²) in [5.41, 5.74) is 1.30. The fraction of sp³-hybridized carbons (Fsp3) is 0.167. The smallest absolute Gasteiger partial charge is 0.226 e. The second kappa shape index (κ2) is 8.09. The molecule has 4 aromatic rings. The van der Waals surface area contributed by atoms with Gasteiger partial charge in [-0.05, 0) is 30.7 Å². The van der Waals surface area contributed by atoms with Gasteiger partial charge >= 0.3 is 0 Å². The number of benzene rings is 1. The predicted octanol–water partition coefficient (Wildman–Crippen LogP) is 3.58. The van der Waals surface area contributed by atoms with Crippen LogP contribution in [0.25, 0.3) is 17.1 Å². The molecular formula is C18H15FN6OS. The van der Waals surface area contributed by atoms with Crippen LogP contribution in [0.4, 0.5) is 4.39 Å². The molecule has 0 N–H and O–H groups in total. The molecule has 0 atom stereocenters. The van der Waals surface area contributed by atoms with Crippen LogP contribution >= 0.6 is 11.8 Å². The molecule has 0 bridgehead atoms. The molecule has 3 heterocycles. The van der Waals surface area contributed by atoms with Gasteiger partial charge in [0.25, 0.3) is 0 Å². The number of rotatable bonds is 7. The number of pyridine rings is 1. The summed E-state index contributed by atoms with van der Waals surface area (Å²) >= 11 is 1.50. The lowest BCUT2D eigenvalue weighted by molar-refractivity contribution is 0.378. The molecule has 0 aliphatic carbocycles. The fourth-order valence-corrected chi connectivity index (χ4v) is 3.36. The first kappa shape index (κ1) is 17.3. The molecule has 1 aromatic carbocycles. The second-order valence-electron chi connectivity index (χ2n) is 5.63. The molecule has 0 aliphatic heterocycles. The fourth-order valence-electron chi connectivity index (χ4n) is 2.50. The van der Waals surface area contributed by atoms with E-state index < -0.39 is 0 Å². The van der Waals surface area contributed by atoms with Crippen LogP contribution in [-0.2, 0) is 6.42 Å². The SMILES string of the molecule is Fc1ccccc1-n1cnnc1SCCCc1nc(-c2ccncc2)no1. The van der Waals surface area contributed by atoms with Crippen molar-refractivity contribution in [3.05, 3.63) is 66.8 Å². The largest absolute Gasteiger partial charge is 0.339 e. The lowest BCUT2D eigenvalue weighted by Crippen LogP contribution is -1.99. The standard InChI is InChI=1S/C18H15FN6OS/c19-14-4-1-2-5-15(14)25-12-21-23-18(25)27-11-3-6-16-22-17(24-26-16)13-7-9-20-10-8-13/h1-2,4-5,7-10,12H,3,6,11H2. The molecule has 4 rings (SSSR count). The van der Waals surface area contributed by atoms with Crippen LogP contribution in [0.2, 0.25) is 0 Å². The molecule has 0 unspecified atom stereocenters. The van der Waals surface area contributed by atoms with E-state index in [1.165, 1.54) is 24.2 Å². The Hall–Kier alpha value is -3.07. The summed E-state index contributed by atoms with van der Waals surface area (Å²) in [7, 11) is 0. The number of thioether (sulfide) groups is 1. The number of hydrogen-bond donors (Lipinski definition) is 0. The van der Waals surface area contributed by atoms with Gasteiger partial charge in [-0.3, -0.25) is 9.55 Å². The quantitative estimate of drug-likeness (QED) is 0.357. The summed E-state index contributed by atoms with van der Waals surface area (Å²) in [4.78, 5) is 8.37. The van der Waals surface area contributed by atoms with Gasteiger partial charge in [0.15, 0.2) is 5.16 Å². The first-order valence-electron chi connectivity index (χ1n) is 8.32. The van der Waals surface area contributed by atoms with Gasteiger partial charge in [0.1, 0.15) is 12.1 Å². The van der Waals surface area contributed by atoms with Gasteiger partial charge in [0.2, 0.25) is 11.7 Å². The van der Waals surface area contributed by atoms with Gasteiger partial charge in [-0.1, -0.05) is 29.1 Å². The zero-order valence-corrected chi connectivity index (χ0v) is 15.0. The summed E-state index contributed by atoms with van der Waals surface area (Å²) in [5, 5.41) is 12.6. The maximum Gasteiger partial charge on any atom is 0.226 e. The topological polar surface area (TPSA) is 82.5 Å². The molecule has 0 amide bonds. The van der Waals surface area contributed by atoms with E-state index in [2.05, 4.69) is 25.3 Å². The molecule has 0 saturated carbocycles. The van der Waals surface area contributed by atoms with Crippen molar-refractivity contribution in [1.29, 1.82) is 0 Å². The van der Waals surface area contributed by atoms with E-state index in [1.807, 2.05) is 12.1 Å². The minimum Gasteiger partial charge on any atom is -0.339 e. The van der Waals surface area contributed by atoms with Gasteiger partial charge in [-0.15, -0.1) is 10.2 Å². The van der Waals surface area contributed by atoms with Gasteiger partial charge in [0, 0.05) is 30.1 Å². The van der Waals surface area contributed by atoms with Crippen molar-refractivity contribution in [1.82, 2.24) is 29.9 Å². The maximum absolute atomic E-state index is 14.0. The molecule has 27 heavy (non-hydrogen) atoms. The Labute approximate surface area is 158 Å². The van der Waals surface area contributed by atoms with E-state index in [0.29, 0.717) is 29.0 Å². The van der Waals surface area contributed by atoms with Crippen LogP contribution in [0.15, 0.2) is 64.8 Å². The van der Waals surface area contributed by atoms with Crippen LogP contribution in [0, 0.1) is 5.82 Å². The highest BCUT2D eigenvalue weighted by atomic mass is 32.2. The highest BCUT2D eigenvalue weighted by Gasteiger charge is 2.12. The molecule has 0 spiro atoms. The van der Waals surface area contributed by atoms with Crippen LogP contribution < -0.4 is 0 Å². The highest BCUT2D eigenvalue weighted by molar-refractivity contribution is 7.99. The normalized spacial score (nSPS) is 11.0. The van der Waals surface area contributed by atoms with Crippen molar-refractivity contribution in [2.75, 3.05) is 5.75 Å². The average Bonchev–Trinajstić information content (AvgIpc) is 3.36. The number of aryl methyl sites for hydroxylation is 1. The van der Waals surface area contributed by atoms with Crippen LogP contribution in [0.3, 0.4) is 0 Å². The van der Waals surface area contributed by atoms with Crippen molar-refractivity contribution in [2.24, 2.45) is 0 Å². The number of para-hydroxylation sites is 1. The average molecular weight is 382 g/mol. The van der Waals surface area contributed by atoms with E-state index in [0.717, 1.165) is 17.7 Å². The van der Waals surface area contributed by atoms with E-state index >= 15 is 0 Å². The Bertz CT molecular complexity index is 1020. The summed E-state index contributed by atoms with van der Waals surface area (Å²) in [6, 6.07) is 10.2. The Morgan fingerprint density at radius 2 is 1.96 bits per heavy atom. The Morgan fingerprint density at radius 1 is 1.11 bits per heavy atom. The predicted molar refractivity (Wildman–Crippen MR) is 97.9 cm³/mol. The first-order chi connectivity index (χ1) is 13.3. The number of hydrogen-bond acceptors (Lipinski definition) is 7. The third kappa shape index (κ3) is 4.03. The molecule has 0 aliphatic rings. The van der Waals surface area contributed by atoms with Crippen molar-refractivity contribution in [2.45, 2.75) is 18.0 Å². The third-order valence-corrected chi connectivity index (χ3v) is 4.83. The van der Waals surface area contributed by atoms with Crippen LogP contribution in [0.5, 0.6) is 0 Å². The minimum atomic E-state index is -0.311. The molecule has 0 saturated heterocycles. The zero-order valence-electron chi connectivity index (χ0n) is 14.2. The van der Waals surface area contributed by atoms with Crippen molar-refractivity contribution < 1.29 is 8.91 Å². The lowest BCUT2D eigenvalue weighted by Gasteiger charge is -2.06. The molecule has 0 radical (unpaired) electrons. The molecular weight excluding hydrogens is 367 g/mol. The minimum absolute atomic E-state index is 0.311. The van der Waals surface area contributed by atoms with Gasteiger partial charge in [-0.25, -0.2) is 4.39 Å². The Morgan fingerprint density at radius 3 is 2.81 bits per heavy atom. The number of nitrogens with zero attached hydrogens (tertiary/aromatic N) is 6. The van der Waals surface area contributed by atoms with Crippen molar-refractivity contribution in [3.8, 4) is 17.1 Å². The van der Waals surface area contributed by atoms with Gasteiger partial charge in [-0.2, -0.15) is 4.98 Å². The van der Waals surface area contributed by atoms with Crippen LogP contribution in [-0.4, -0.2) is 35.6 Å². The number of halogens is 1. The summed E-state index contributed by atoms with van der Waals surface area (Å²) in [6.45, 7) is 0. The first-order valence-corrected chi connectivity index (χ1v) is 9.30. The van der Waals surface area contributed by atoms with Crippen LogP contribution in [0.1, 0.15) is 12.3 Å². The molecule has 7 nitrogen and oxygen atoms in total. The van der Waals surface area contributed by atoms with Crippen molar-refractivity contribution >= 4 is 11.8 Å². The Kier molecular flexibility index (Phi) is 5.20. The molecule has 136 valence electrons. The van der Waals surface area contributed by atoms with E-state index in [4.69, 9.17) is 4.52 Å². The van der Waals surface area contributed by atoms with E-state index in [9.17, 15) is 4.39 Å². The molecule has 0 fully saturated rings. The van der Waals surface area contributed by atoms with Crippen molar-refractivity contribution in [3.63, 3.8) is 0 Å². The van der Waals surface area contributed by atoms with E-state index in [-0.39, 0.29) is 5.82 Å². The van der Waals surface area contributed by atoms with Gasteiger partial charge in [0.05, 0.1) is 5.69 Å². The third-order valence-electron chi connectivity index (χ3n) is 3.80. The summed E-state index contributed by atoms with van der Waals surface area (Å²) < 4.78 is 20.9. The van der Waals surface area contributed by atoms with E-state index in [1.54, 1.807) is 35.2 Å². The zero-order chi connectivity index (χ0) is 18.5. The molecule has 3 aromatic heterocycles. The van der Waals surface area contributed by atoms with Gasteiger partial charge < -0.3 is 4.52 Å². The maximum atomic E-state index is 14.0. The monoisotopic (exact) mass is 382 g/mol. The highest BCUT2D eigenvalue weighted by Crippen LogP contribution is 2.22. The molecule has 9 heteroatoms. The summed E-state index contributed by atoms with van der Waals surface area (Å²) in [5.74, 6) is 1.59. The lowest BCUT2D eigenvalue weighted by atomic mass is 10.2. The number of aromatic nitrogens is 6. The second-order valence-corrected chi connectivity index (χ2v) is 6.70. The summed E-state index contributed by atoms with van der Waals surface area (Å²) in [6.07, 6.45) is 6.35. The Balaban J connectivity index is 1.34.